The van der Waals surface area contributed by atoms with Crippen LogP contribution in [0, 0.1) is 6.92 Å². The van der Waals surface area contributed by atoms with Gasteiger partial charge in [-0.05, 0) is 25.1 Å². The summed E-state index contributed by atoms with van der Waals surface area (Å²) >= 11 is 0. The van der Waals surface area contributed by atoms with E-state index in [1.54, 1.807) is 4.52 Å². The van der Waals surface area contributed by atoms with Crippen molar-refractivity contribution >= 4 is 11.9 Å². The molecule has 4 nitrogen and oxygen atoms in total. The first-order chi connectivity index (χ1) is 8.78. The second-order valence-corrected chi connectivity index (χ2v) is 4.16. The number of aryl methyl sites for hydroxylation is 1. The summed E-state index contributed by atoms with van der Waals surface area (Å²) in [5.74, 6) is 0. The zero-order valence-corrected chi connectivity index (χ0v) is 9.87. The Morgan fingerprint density at radius 1 is 1.22 bits per heavy atom. The fourth-order valence-corrected chi connectivity index (χ4v) is 1.93. The molecule has 2 aromatic heterocycles. The van der Waals surface area contributed by atoms with E-state index < -0.39 is 0 Å². The molecule has 0 atom stereocenters. The van der Waals surface area contributed by atoms with Crippen LogP contribution in [0.1, 0.15) is 16.1 Å². The third-order valence-electron chi connectivity index (χ3n) is 2.82. The van der Waals surface area contributed by atoms with Gasteiger partial charge in [0.25, 0.3) is 0 Å². The monoisotopic (exact) mass is 237 g/mol. The number of rotatable bonds is 2. The van der Waals surface area contributed by atoms with Crippen LogP contribution in [0.5, 0.6) is 0 Å². The number of aldehydes is 1. The molecule has 88 valence electrons. The third kappa shape index (κ3) is 1.68. The standard InChI is InChI=1S/C14H11N3O/c1-10-3-2-4-11(7-10)13-5-6-14-15-8-12(9-18)17(14)16-13/h2-9H,1H3. The summed E-state index contributed by atoms with van der Waals surface area (Å²) in [4.78, 5) is 15.0. The fraction of sp³-hybridized carbons (Fsp3) is 0.0714. The number of benzene rings is 1. The largest absolute Gasteiger partial charge is 0.296 e. The molecule has 3 rings (SSSR count). The number of aromatic nitrogens is 3. The number of imidazole rings is 1. The maximum atomic E-state index is 10.9. The average molecular weight is 237 g/mol. The molecule has 3 aromatic rings. The van der Waals surface area contributed by atoms with Crippen molar-refractivity contribution in [3.8, 4) is 11.3 Å². The first-order valence-corrected chi connectivity index (χ1v) is 5.65. The zero-order valence-electron chi connectivity index (χ0n) is 9.87. The minimum absolute atomic E-state index is 0.458. The molecule has 0 aliphatic heterocycles. The highest BCUT2D eigenvalue weighted by atomic mass is 16.1. The number of hydrogen-bond donors (Lipinski definition) is 0. The molecular formula is C14H11N3O. The van der Waals surface area contributed by atoms with E-state index in [0.717, 1.165) is 17.5 Å². The van der Waals surface area contributed by atoms with Crippen molar-refractivity contribution in [3.63, 3.8) is 0 Å². The van der Waals surface area contributed by atoms with Crippen molar-refractivity contribution in [2.24, 2.45) is 0 Å². The van der Waals surface area contributed by atoms with Crippen LogP contribution in [0.4, 0.5) is 0 Å². The van der Waals surface area contributed by atoms with Crippen LogP contribution < -0.4 is 0 Å². The lowest BCUT2D eigenvalue weighted by atomic mass is 10.1. The van der Waals surface area contributed by atoms with Crippen molar-refractivity contribution in [1.82, 2.24) is 14.6 Å². The maximum absolute atomic E-state index is 10.9. The van der Waals surface area contributed by atoms with Crippen LogP contribution >= 0.6 is 0 Å². The zero-order chi connectivity index (χ0) is 12.5. The molecule has 0 bridgehead atoms. The lowest BCUT2D eigenvalue weighted by Crippen LogP contribution is -1.98. The van der Waals surface area contributed by atoms with Gasteiger partial charge in [0, 0.05) is 5.56 Å². The molecule has 0 saturated heterocycles. The van der Waals surface area contributed by atoms with Gasteiger partial charge in [0.2, 0.25) is 0 Å². The Bertz CT molecular complexity index is 731. The summed E-state index contributed by atoms with van der Waals surface area (Å²) in [6.45, 7) is 2.04. The minimum Gasteiger partial charge on any atom is -0.296 e. The predicted octanol–water partition coefficient (Wildman–Crippen LogP) is 2.52. The smallest absolute Gasteiger partial charge is 0.170 e. The van der Waals surface area contributed by atoms with E-state index in [4.69, 9.17) is 0 Å². The van der Waals surface area contributed by atoms with Gasteiger partial charge in [-0.1, -0.05) is 23.8 Å². The second-order valence-electron chi connectivity index (χ2n) is 4.16. The molecule has 0 unspecified atom stereocenters. The second kappa shape index (κ2) is 4.07. The Labute approximate surface area is 104 Å². The summed E-state index contributed by atoms with van der Waals surface area (Å²) in [5, 5.41) is 4.44. The topological polar surface area (TPSA) is 47.3 Å². The van der Waals surface area contributed by atoms with Crippen molar-refractivity contribution in [2.75, 3.05) is 0 Å². The molecule has 4 heteroatoms. The van der Waals surface area contributed by atoms with E-state index in [1.165, 1.54) is 11.8 Å². The summed E-state index contributed by atoms with van der Waals surface area (Å²) in [6, 6.07) is 11.9. The summed E-state index contributed by atoms with van der Waals surface area (Å²) in [5.41, 5.74) is 4.17. The van der Waals surface area contributed by atoms with Crippen molar-refractivity contribution in [3.05, 3.63) is 53.9 Å². The molecule has 0 spiro atoms. The van der Waals surface area contributed by atoms with Gasteiger partial charge in [0.15, 0.2) is 11.9 Å². The Morgan fingerprint density at radius 2 is 2.11 bits per heavy atom. The van der Waals surface area contributed by atoms with Gasteiger partial charge < -0.3 is 0 Å². The predicted molar refractivity (Wildman–Crippen MR) is 68.5 cm³/mol. The molecule has 0 aliphatic carbocycles. The van der Waals surface area contributed by atoms with Gasteiger partial charge in [0.05, 0.1) is 11.9 Å². The summed E-state index contributed by atoms with van der Waals surface area (Å²) in [7, 11) is 0. The van der Waals surface area contributed by atoms with Crippen molar-refractivity contribution in [1.29, 1.82) is 0 Å². The van der Waals surface area contributed by atoms with E-state index >= 15 is 0 Å². The highest BCUT2D eigenvalue weighted by Crippen LogP contribution is 2.18. The van der Waals surface area contributed by atoms with Crippen LogP contribution in [0.15, 0.2) is 42.6 Å². The van der Waals surface area contributed by atoms with Crippen LogP contribution in [-0.2, 0) is 0 Å². The van der Waals surface area contributed by atoms with Crippen LogP contribution in [0.3, 0.4) is 0 Å². The van der Waals surface area contributed by atoms with Gasteiger partial charge in [0.1, 0.15) is 5.69 Å². The fourth-order valence-electron chi connectivity index (χ4n) is 1.93. The van der Waals surface area contributed by atoms with Gasteiger partial charge in [-0.15, -0.1) is 0 Å². The Morgan fingerprint density at radius 3 is 2.89 bits per heavy atom. The molecule has 1 aromatic carbocycles. The van der Waals surface area contributed by atoms with E-state index in [9.17, 15) is 4.79 Å². The lowest BCUT2D eigenvalue weighted by molar-refractivity contribution is 0.111. The number of carbonyl (C=O) groups is 1. The third-order valence-corrected chi connectivity index (χ3v) is 2.82. The molecular weight excluding hydrogens is 226 g/mol. The van der Waals surface area contributed by atoms with Gasteiger partial charge in [-0.2, -0.15) is 5.10 Å². The summed E-state index contributed by atoms with van der Waals surface area (Å²) < 4.78 is 1.56. The Kier molecular flexibility index (Phi) is 2.41. The molecule has 0 fully saturated rings. The average Bonchev–Trinajstić information content (AvgIpc) is 2.80. The minimum atomic E-state index is 0.458. The van der Waals surface area contributed by atoms with Crippen molar-refractivity contribution in [2.45, 2.75) is 6.92 Å². The molecule has 18 heavy (non-hydrogen) atoms. The molecule has 0 radical (unpaired) electrons. The Balaban J connectivity index is 2.21. The van der Waals surface area contributed by atoms with Crippen LogP contribution in [0.2, 0.25) is 0 Å². The first-order valence-electron chi connectivity index (χ1n) is 5.65. The van der Waals surface area contributed by atoms with E-state index in [0.29, 0.717) is 11.3 Å². The van der Waals surface area contributed by atoms with Gasteiger partial charge >= 0.3 is 0 Å². The van der Waals surface area contributed by atoms with Gasteiger partial charge in [-0.25, -0.2) is 9.50 Å². The van der Waals surface area contributed by atoms with Crippen molar-refractivity contribution < 1.29 is 4.79 Å². The number of hydrogen-bond acceptors (Lipinski definition) is 3. The number of carbonyl (C=O) groups excluding carboxylic acids is 1. The van der Waals surface area contributed by atoms with Crippen LogP contribution in [0.25, 0.3) is 16.9 Å². The number of fused-ring (bicyclic) bond motifs is 1. The van der Waals surface area contributed by atoms with Crippen LogP contribution in [-0.4, -0.2) is 20.9 Å². The van der Waals surface area contributed by atoms with E-state index in [1.807, 2.05) is 37.3 Å². The molecule has 0 saturated carbocycles. The molecule has 0 amide bonds. The summed E-state index contributed by atoms with van der Waals surface area (Å²) in [6.07, 6.45) is 2.28. The van der Waals surface area contributed by atoms with E-state index in [2.05, 4.69) is 16.1 Å². The lowest BCUT2D eigenvalue weighted by Gasteiger charge is -2.03. The number of nitrogens with zero attached hydrogens (tertiary/aromatic N) is 3. The Hall–Kier alpha value is -2.49. The molecule has 2 heterocycles. The first kappa shape index (κ1) is 10.7. The quantitative estimate of drug-likeness (QED) is 0.643. The van der Waals surface area contributed by atoms with Gasteiger partial charge in [-0.3, -0.25) is 4.79 Å². The highest BCUT2D eigenvalue weighted by Gasteiger charge is 2.06. The maximum Gasteiger partial charge on any atom is 0.170 e. The highest BCUT2D eigenvalue weighted by molar-refractivity contribution is 5.74. The SMILES string of the molecule is Cc1cccc(-c2ccc3ncc(C=O)n3n2)c1. The molecule has 0 aliphatic rings. The normalized spacial score (nSPS) is 10.7. The molecule has 0 N–H and O–H groups in total. The van der Waals surface area contributed by atoms with E-state index in [-0.39, 0.29) is 0 Å².